The average Bonchev–Trinajstić information content (AvgIpc) is 2.40. The predicted octanol–water partition coefficient (Wildman–Crippen LogP) is 3.54. The number of halogens is 1. The molecule has 1 aromatic carbocycles. The molecule has 0 bridgehead atoms. The van der Waals surface area contributed by atoms with E-state index in [9.17, 15) is 0 Å². The lowest BCUT2D eigenvalue weighted by Crippen LogP contribution is -2.22. The summed E-state index contributed by atoms with van der Waals surface area (Å²) in [7, 11) is 0. The number of hydrogen-bond acceptors (Lipinski definition) is 2. The third-order valence-electron chi connectivity index (χ3n) is 2.88. The van der Waals surface area contributed by atoms with Crippen LogP contribution in [0.2, 0.25) is 5.02 Å². The summed E-state index contributed by atoms with van der Waals surface area (Å²) < 4.78 is 11.0. The molecule has 0 N–H and O–H groups in total. The molecule has 1 atom stereocenters. The predicted molar refractivity (Wildman–Crippen MR) is 72.6 cm³/mol. The molecule has 1 aliphatic heterocycles. The highest BCUT2D eigenvalue weighted by Gasteiger charge is 2.12. The summed E-state index contributed by atoms with van der Waals surface area (Å²) in [6.07, 6.45) is 3.20. The first-order valence-corrected chi connectivity index (χ1v) is 6.62. The largest absolute Gasteiger partial charge is 0.353 e. The second-order valence-electron chi connectivity index (χ2n) is 4.37. The first-order valence-electron chi connectivity index (χ1n) is 6.24. The van der Waals surface area contributed by atoms with Crippen molar-refractivity contribution in [3.8, 4) is 11.8 Å². The maximum atomic E-state index is 6.03. The van der Waals surface area contributed by atoms with Crippen LogP contribution in [-0.4, -0.2) is 19.5 Å². The molecule has 3 heteroatoms. The van der Waals surface area contributed by atoms with Gasteiger partial charge in [-0.15, -0.1) is 0 Å². The topological polar surface area (TPSA) is 18.5 Å². The van der Waals surface area contributed by atoms with E-state index in [-0.39, 0.29) is 6.29 Å². The van der Waals surface area contributed by atoms with Crippen LogP contribution in [0.3, 0.4) is 0 Å². The Balaban J connectivity index is 1.82. The number of hydrogen-bond donors (Lipinski definition) is 0. The summed E-state index contributed by atoms with van der Waals surface area (Å²) in [6.45, 7) is 3.17. The molecule has 0 amide bonds. The van der Waals surface area contributed by atoms with Crippen LogP contribution in [0.25, 0.3) is 0 Å². The van der Waals surface area contributed by atoms with E-state index in [0.717, 1.165) is 35.6 Å². The highest BCUT2D eigenvalue weighted by molar-refractivity contribution is 6.31. The van der Waals surface area contributed by atoms with Gasteiger partial charge in [-0.05, 0) is 43.9 Å². The maximum Gasteiger partial charge on any atom is 0.158 e. The molecule has 1 aliphatic rings. The van der Waals surface area contributed by atoms with Gasteiger partial charge in [0, 0.05) is 17.2 Å². The molecule has 1 saturated heterocycles. The lowest BCUT2D eigenvalue weighted by atomic mass is 10.1. The Morgan fingerprint density at radius 2 is 2.33 bits per heavy atom. The van der Waals surface area contributed by atoms with E-state index in [1.54, 1.807) is 0 Å². The van der Waals surface area contributed by atoms with Gasteiger partial charge in [0.2, 0.25) is 0 Å². The van der Waals surface area contributed by atoms with E-state index in [1.807, 2.05) is 25.1 Å². The molecular weight excluding hydrogens is 248 g/mol. The van der Waals surface area contributed by atoms with Crippen LogP contribution in [0, 0.1) is 18.8 Å². The summed E-state index contributed by atoms with van der Waals surface area (Å²) in [6, 6.07) is 5.81. The zero-order valence-electron chi connectivity index (χ0n) is 10.5. The maximum absolute atomic E-state index is 6.03. The highest BCUT2D eigenvalue weighted by atomic mass is 35.5. The SMILES string of the molecule is Cc1ccc(C#CCOC2CCCCO2)cc1Cl. The number of ether oxygens (including phenoxy) is 2. The van der Waals surface area contributed by atoms with Crippen molar-refractivity contribution in [1.82, 2.24) is 0 Å². The van der Waals surface area contributed by atoms with Gasteiger partial charge in [-0.25, -0.2) is 0 Å². The Morgan fingerprint density at radius 3 is 3.06 bits per heavy atom. The van der Waals surface area contributed by atoms with Crippen LogP contribution in [0.15, 0.2) is 18.2 Å². The third-order valence-corrected chi connectivity index (χ3v) is 3.29. The van der Waals surface area contributed by atoms with Gasteiger partial charge in [-0.1, -0.05) is 29.5 Å². The first-order chi connectivity index (χ1) is 8.75. The van der Waals surface area contributed by atoms with Crippen molar-refractivity contribution in [3.05, 3.63) is 34.3 Å². The average molecular weight is 265 g/mol. The molecule has 1 aromatic rings. The molecule has 2 nitrogen and oxygen atoms in total. The molecule has 1 unspecified atom stereocenters. The van der Waals surface area contributed by atoms with Crippen LogP contribution >= 0.6 is 11.6 Å². The molecule has 0 aliphatic carbocycles. The van der Waals surface area contributed by atoms with Crippen LogP contribution < -0.4 is 0 Å². The number of benzene rings is 1. The Kier molecular flexibility index (Phi) is 5.07. The van der Waals surface area contributed by atoms with E-state index in [1.165, 1.54) is 6.42 Å². The molecular formula is C15H17ClO2. The van der Waals surface area contributed by atoms with Crippen molar-refractivity contribution in [3.63, 3.8) is 0 Å². The van der Waals surface area contributed by atoms with Crippen LogP contribution in [0.4, 0.5) is 0 Å². The number of aryl methyl sites for hydroxylation is 1. The Bertz CT molecular complexity index is 453. The van der Waals surface area contributed by atoms with Gasteiger partial charge in [-0.3, -0.25) is 0 Å². The molecule has 0 spiro atoms. The van der Waals surface area contributed by atoms with Gasteiger partial charge < -0.3 is 9.47 Å². The lowest BCUT2D eigenvalue weighted by Gasteiger charge is -2.21. The monoisotopic (exact) mass is 264 g/mol. The minimum absolute atomic E-state index is 0.0744. The van der Waals surface area contributed by atoms with Crippen LogP contribution in [0.5, 0.6) is 0 Å². The minimum atomic E-state index is -0.0744. The second kappa shape index (κ2) is 6.80. The zero-order chi connectivity index (χ0) is 12.8. The van der Waals surface area contributed by atoms with Gasteiger partial charge >= 0.3 is 0 Å². The molecule has 1 fully saturated rings. The molecule has 96 valence electrons. The standard InChI is InChI=1S/C15H17ClO2/c1-12-7-8-13(11-14(12)16)5-4-10-18-15-6-2-3-9-17-15/h7-8,11,15H,2-3,6,9-10H2,1H3. The van der Waals surface area contributed by atoms with Gasteiger partial charge in [0.25, 0.3) is 0 Å². The van der Waals surface area contributed by atoms with E-state index < -0.39 is 0 Å². The molecule has 1 heterocycles. The van der Waals surface area contributed by atoms with Crippen LogP contribution in [-0.2, 0) is 9.47 Å². The van der Waals surface area contributed by atoms with Crippen molar-refractivity contribution in [2.45, 2.75) is 32.5 Å². The van der Waals surface area contributed by atoms with Gasteiger partial charge in [-0.2, -0.15) is 0 Å². The summed E-state index contributed by atoms with van der Waals surface area (Å²) in [5.41, 5.74) is 1.98. The minimum Gasteiger partial charge on any atom is -0.353 e. The molecule has 0 radical (unpaired) electrons. The van der Waals surface area contributed by atoms with Crippen molar-refractivity contribution < 1.29 is 9.47 Å². The van der Waals surface area contributed by atoms with Gasteiger partial charge in [0.05, 0.1) is 0 Å². The Morgan fingerprint density at radius 1 is 1.44 bits per heavy atom. The molecule has 18 heavy (non-hydrogen) atoms. The third kappa shape index (κ3) is 4.03. The van der Waals surface area contributed by atoms with Crippen LogP contribution in [0.1, 0.15) is 30.4 Å². The molecule has 0 saturated carbocycles. The Labute approximate surface area is 113 Å². The molecule has 2 rings (SSSR count). The summed E-state index contributed by atoms with van der Waals surface area (Å²) in [5.74, 6) is 6.02. The smallest absolute Gasteiger partial charge is 0.158 e. The van der Waals surface area contributed by atoms with Crippen molar-refractivity contribution in [2.75, 3.05) is 13.2 Å². The van der Waals surface area contributed by atoms with E-state index in [0.29, 0.717) is 6.61 Å². The van der Waals surface area contributed by atoms with E-state index in [4.69, 9.17) is 21.1 Å². The highest BCUT2D eigenvalue weighted by Crippen LogP contribution is 2.16. The Hall–Kier alpha value is -1.01. The van der Waals surface area contributed by atoms with E-state index in [2.05, 4.69) is 11.8 Å². The lowest BCUT2D eigenvalue weighted by molar-refractivity contribution is -0.154. The summed E-state index contributed by atoms with van der Waals surface area (Å²) >= 11 is 6.03. The quantitative estimate of drug-likeness (QED) is 0.761. The summed E-state index contributed by atoms with van der Waals surface area (Å²) in [4.78, 5) is 0. The number of rotatable bonds is 2. The fourth-order valence-electron chi connectivity index (χ4n) is 1.79. The fraction of sp³-hybridized carbons (Fsp3) is 0.467. The van der Waals surface area contributed by atoms with Crippen molar-refractivity contribution >= 4 is 11.6 Å². The first kappa shape index (κ1) is 13.4. The van der Waals surface area contributed by atoms with Crippen molar-refractivity contribution in [2.24, 2.45) is 0 Å². The van der Waals surface area contributed by atoms with E-state index >= 15 is 0 Å². The normalized spacial score (nSPS) is 19.1. The summed E-state index contributed by atoms with van der Waals surface area (Å²) in [5, 5.41) is 0.748. The van der Waals surface area contributed by atoms with Gasteiger partial charge in [0.15, 0.2) is 6.29 Å². The van der Waals surface area contributed by atoms with Gasteiger partial charge in [0.1, 0.15) is 6.61 Å². The molecule has 0 aromatic heterocycles. The zero-order valence-corrected chi connectivity index (χ0v) is 11.3. The second-order valence-corrected chi connectivity index (χ2v) is 4.78. The van der Waals surface area contributed by atoms with Crippen molar-refractivity contribution in [1.29, 1.82) is 0 Å². The fourth-order valence-corrected chi connectivity index (χ4v) is 1.97.